The van der Waals surface area contributed by atoms with E-state index in [1.807, 2.05) is 0 Å². The molecule has 1 saturated heterocycles. The van der Waals surface area contributed by atoms with Crippen LogP contribution < -0.4 is 5.32 Å². The summed E-state index contributed by atoms with van der Waals surface area (Å²) >= 11 is 5.65. The third kappa shape index (κ3) is 3.08. The molecular weight excluding hydrogens is 272 g/mol. The molecule has 1 atom stereocenters. The second-order valence-electron chi connectivity index (χ2n) is 4.07. The summed E-state index contributed by atoms with van der Waals surface area (Å²) in [7, 11) is 0. The highest BCUT2D eigenvalue weighted by atomic mass is 35.5. The molecule has 19 heavy (non-hydrogen) atoms. The van der Waals surface area contributed by atoms with Crippen molar-refractivity contribution in [3.05, 3.63) is 23.1 Å². The van der Waals surface area contributed by atoms with E-state index in [0.29, 0.717) is 19.6 Å². The predicted molar refractivity (Wildman–Crippen MR) is 68.0 cm³/mol. The summed E-state index contributed by atoms with van der Waals surface area (Å²) in [5.41, 5.74) is 0. The van der Waals surface area contributed by atoms with Gasteiger partial charge in [-0.15, -0.1) is 0 Å². The van der Waals surface area contributed by atoms with E-state index in [1.54, 1.807) is 6.92 Å². The van der Waals surface area contributed by atoms with Crippen molar-refractivity contribution in [2.24, 2.45) is 0 Å². The number of halogens is 1. The van der Waals surface area contributed by atoms with E-state index >= 15 is 0 Å². The summed E-state index contributed by atoms with van der Waals surface area (Å²) in [5, 5.41) is 3.21. The molecule has 1 fully saturated rings. The first kappa shape index (κ1) is 13.9. The molecule has 0 aliphatic carbocycles. The number of piperazine rings is 1. The maximum absolute atomic E-state index is 12.3. The van der Waals surface area contributed by atoms with Crippen LogP contribution in [0.3, 0.4) is 0 Å². The first-order valence-electron chi connectivity index (χ1n) is 6.07. The standard InChI is InChI=1S/C12H15ClN2O4/c1-2-18-12(17)8-7-14-5-6-15(8)11(16)9-3-4-10(13)19-9/h3-4,8,14H,2,5-7H2,1H3. The molecular formula is C12H15ClN2O4. The molecule has 1 aliphatic heterocycles. The number of nitrogens with zero attached hydrogens (tertiary/aromatic N) is 1. The van der Waals surface area contributed by atoms with Crippen LogP contribution in [0.1, 0.15) is 17.5 Å². The van der Waals surface area contributed by atoms with Gasteiger partial charge in [-0.1, -0.05) is 0 Å². The Morgan fingerprint density at radius 3 is 3.00 bits per heavy atom. The molecule has 0 radical (unpaired) electrons. The smallest absolute Gasteiger partial charge is 0.330 e. The number of esters is 1. The molecule has 1 amide bonds. The van der Waals surface area contributed by atoms with Crippen molar-refractivity contribution in [3.8, 4) is 0 Å². The number of carbonyl (C=O) groups excluding carboxylic acids is 2. The largest absolute Gasteiger partial charge is 0.464 e. The van der Waals surface area contributed by atoms with Gasteiger partial charge in [0.2, 0.25) is 0 Å². The second-order valence-corrected chi connectivity index (χ2v) is 4.45. The Bertz CT molecular complexity index is 474. The summed E-state index contributed by atoms with van der Waals surface area (Å²) < 4.78 is 10.1. The zero-order valence-electron chi connectivity index (χ0n) is 10.5. The molecule has 2 rings (SSSR count). The zero-order chi connectivity index (χ0) is 13.8. The number of hydrogen-bond acceptors (Lipinski definition) is 5. The number of ether oxygens (including phenoxy) is 1. The van der Waals surface area contributed by atoms with E-state index < -0.39 is 12.0 Å². The van der Waals surface area contributed by atoms with Crippen molar-refractivity contribution < 1.29 is 18.7 Å². The third-order valence-corrected chi connectivity index (χ3v) is 3.05. The molecule has 7 heteroatoms. The van der Waals surface area contributed by atoms with E-state index in [1.165, 1.54) is 17.0 Å². The van der Waals surface area contributed by atoms with Crippen LogP contribution in [0.4, 0.5) is 0 Å². The normalized spacial score (nSPS) is 19.3. The molecule has 1 unspecified atom stereocenters. The molecule has 1 aromatic heterocycles. The van der Waals surface area contributed by atoms with Gasteiger partial charge in [0.1, 0.15) is 6.04 Å². The number of rotatable bonds is 3. The Morgan fingerprint density at radius 2 is 2.37 bits per heavy atom. The van der Waals surface area contributed by atoms with Crippen molar-refractivity contribution in [3.63, 3.8) is 0 Å². The average Bonchev–Trinajstić information content (AvgIpc) is 2.85. The van der Waals surface area contributed by atoms with E-state index in [4.69, 9.17) is 20.8 Å². The van der Waals surface area contributed by atoms with Gasteiger partial charge in [0.25, 0.3) is 5.91 Å². The minimum Gasteiger partial charge on any atom is -0.464 e. The van der Waals surface area contributed by atoms with E-state index in [9.17, 15) is 9.59 Å². The number of furan rings is 1. The molecule has 1 N–H and O–H groups in total. The van der Waals surface area contributed by atoms with Gasteiger partial charge in [-0.2, -0.15) is 0 Å². The van der Waals surface area contributed by atoms with Crippen LogP contribution in [-0.2, 0) is 9.53 Å². The lowest BCUT2D eigenvalue weighted by molar-refractivity contribution is -0.149. The van der Waals surface area contributed by atoms with Crippen LogP contribution in [-0.4, -0.2) is 49.1 Å². The fraction of sp³-hybridized carbons (Fsp3) is 0.500. The fourth-order valence-corrected chi connectivity index (χ4v) is 2.11. The molecule has 0 aromatic carbocycles. The lowest BCUT2D eigenvalue weighted by Gasteiger charge is -2.33. The summed E-state index contributed by atoms with van der Waals surface area (Å²) in [6, 6.07) is 2.36. The molecule has 104 valence electrons. The molecule has 0 spiro atoms. The highest BCUT2D eigenvalue weighted by molar-refractivity contribution is 6.29. The average molecular weight is 287 g/mol. The second kappa shape index (κ2) is 6.08. The van der Waals surface area contributed by atoms with Crippen LogP contribution in [0.15, 0.2) is 16.5 Å². The van der Waals surface area contributed by atoms with Crippen molar-refractivity contribution in [1.29, 1.82) is 0 Å². The van der Waals surface area contributed by atoms with Crippen molar-refractivity contribution in [2.45, 2.75) is 13.0 Å². The first-order valence-corrected chi connectivity index (χ1v) is 6.45. The Hall–Kier alpha value is -1.53. The number of carbonyl (C=O) groups is 2. The van der Waals surface area contributed by atoms with E-state index in [-0.39, 0.29) is 23.5 Å². The van der Waals surface area contributed by atoms with E-state index in [2.05, 4.69) is 5.32 Å². The number of amides is 1. The lowest BCUT2D eigenvalue weighted by Crippen LogP contribution is -2.57. The monoisotopic (exact) mass is 286 g/mol. The van der Waals surface area contributed by atoms with E-state index in [0.717, 1.165) is 0 Å². The Balaban J connectivity index is 2.15. The Kier molecular flexibility index (Phi) is 4.44. The Morgan fingerprint density at radius 1 is 1.58 bits per heavy atom. The van der Waals surface area contributed by atoms with Gasteiger partial charge in [-0.25, -0.2) is 4.79 Å². The summed E-state index contributed by atoms with van der Waals surface area (Å²) in [4.78, 5) is 25.6. The van der Waals surface area contributed by atoms with Crippen molar-refractivity contribution in [1.82, 2.24) is 10.2 Å². The van der Waals surface area contributed by atoms with Crippen LogP contribution in [0.25, 0.3) is 0 Å². The van der Waals surface area contributed by atoms with Crippen LogP contribution in [0.5, 0.6) is 0 Å². The highest BCUT2D eigenvalue weighted by Crippen LogP contribution is 2.17. The SMILES string of the molecule is CCOC(=O)C1CNCCN1C(=O)c1ccc(Cl)o1. The van der Waals surface area contributed by atoms with Gasteiger partial charge >= 0.3 is 5.97 Å². The zero-order valence-corrected chi connectivity index (χ0v) is 11.3. The van der Waals surface area contributed by atoms with Gasteiger partial charge in [0.05, 0.1) is 6.61 Å². The van der Waals surface area contributed by atoms with Gasteiger partial charge in [-0.05, 0) is 30.7 Å². The summed E-state index contributed by atoms with van der Waals surface area (Å²) in [6.45, 7) is 3.42. The minimum absolute atomic E-state index is 0.126. The number of nitrogens with one attached hydrogen (secondary N) is 1. The summed E-state index contributed by atoms with van der Waals surface area (Å²) in [5.74, 6) is -0.645. The molecule has 0 bridgehead atoms. The predicted octanol–water partition coefficient (Wildman–Crippen LogP) is 0.910. The number of hydrogen-bond donors (Lipinski definition) is 1. The van der Waals surface area contributed by atoms with Gasteiger partial charge in [0, 0.05) is 19.6 Å². The van der Waals surface area contributed by atoms with Gasteiger partial charge < -0.3 is 19.4 Å². The molecule has 2 heterocycles. The van der Waals surface area contributed by atoms with Crippen LogP contribution >= 0.6 is 11.6 Å². The topological polar surface area (TPSA) is 71.8 Å². The summed E-state index contributed by atoms with van der Waals surface area (Å²) in [6.07, 6.45) is 0. The highest BCUT2D eigenvalue weighted by Gasteiger charge is 2.34. The fourth-order valence-electron chi connectivity index (χ4n) is 1.97. The van der Waals surface area contributed by atoms with Gasteiger partial charge in [-0.3, -0.25) is 4.79 Å². The molecule has 1 aromatic rings. The minimum atomic E-state index is -0.634. The van der Waals surface area contributed by atoms with Crippen LogP contribution in [0, 0.1) is 0 Å². The molecule has 1 aliphatic rings. The molecule has 0 saturated carbocycles. The Labute approximate surface area is 115 Å². The maximum Gasteiger partial charge on any atom is 0.330 e. The van der Waals surface area contributed by atoms with Gasteiger partial charge in [0.15, 0.2) is 11.0 Å². The van der Waals surface area contributed by atoms with Crippen molar-refractivity contribution in [2.75, 3.05) is 26.2 Å². The van der Waals surface area contributed by atoms with Crippen molar-refractivity contribution >= 4 is 23.5 Å². The lowest BCUT2D eigenvalue weighted by atomic mass is 10.2. The maximum atomic E-state index is 12.3. The third-order valence-electron chi connectivity index (χ3n) is 2.85. The van der Waals surface area contributed by atoms with Crippen LogP contribution in [0.2, 0.25) is 5.22 Å². The first-order chi connectivity index (χ1) is 9.13. The molecule has 6 nitrogen and oxygen atoms in total. The quantitative estimate of drug-likeness (QED) is 0.836.